The van der Waals surface area contributed by atoms with Crippen LogP contribution in [0.3, 0.4) is 0 Å². The maximum absolute atomic E-state index is 5.37. The molecule has 1 saturated carbocycles. The first-order valence-electron chi connectivity index (χ1n) is 3.25. The van der Waals surface area contributed by atoms with E-state index in [4.69, 9.17) is 18.0 Å². The Hall–Kier alpha value is 0.863. The van der Waals surface area contributed by atoms with Crippen LogP contribution in [-0.4, -0.2) is 9.57 Å². The topological polar surface area (TPSA) is 26.0 Å². The van der Waals surface area contributed by atoms with Crippen LogP contribution in [0, 0.1) is 0 Å². The van der Waals surface area contributed by atoms with Crippen molar-refractivity contribution in [2.75, 3.05) is 0 Å². The summed E-state index contributed by atoms with van der Waals surface area (Å²) < 4.78 is 0.613. The Morgan fingerprint density at radius 2 is 1.90 bits per heavy atom. The molecule has 0 aromatic rings. The summed E-state index contributed by atoms with van der Waals surface area (Å²) >= 11 is 6.44. The number of rotatable bonds is 1. The second kappa shape index (κ2) is 5.51. The molecule has 1 aliphatic rings. The van der Waals surface area contributed by atoms with Crippen LogP contribution in [0.2, 0.25) is 0 Å². The molecule has 1 nitrogen and oxygen atoms in total. The molecule has 1 fully saturated rings. The monoisotopic (exact) mass is 225 g/mol. The van der Waals surface area contributed by atoms with Crippen molar-refractivity contribution in [3.63, 3.8) is 0 Å². The number of thiocarbonyl (C=S) groups is 1. The van der Waals surface area contributed by atoms with Crippen LogP contribution in [-0.2, 0) is 19.5 Å². The van der Waals surface area contributed by atoms with Crippen molar-refractivity contribution in [1.29, 1.82) is 0 Å². The number of nitrogens with two attached hydrogens (primary N) is 1. The summed E-state index contributed by atoms with van der Waals surface area (Å²) in [7, 11) is 0. The number of hydrogen-bond donors (Lipinski definition) is 1. The van der Waals surface area contributed by atoms with Gasteiger partial charge in [0.05, 0.1) is 0 Å². The third-order valence-electron chi connectivity index (χ3n) is 1.59. The SMILES string of the molecule is NC(=S)SC1CCCC1.[Zn]. The van der Waals surface area contributed by atoms with Gasteiger partial charge in [-0.1, -0.05) is 36.8 Å². The van der Waals surface area contributed by atoms with E-state index < -0.39 is 0 Å². The smallest absolute Gasteiger partial charge is 0.131 e. The van der Waals surface area contributed by atoms with Crippen molar-refractivity contribution >= 4 is 28.3 Å². The molecule has 0 aromatic heterocycles. The van der Waals surface area contributed by atoms with E-state index in [1.807, 2.05) is 0 Å². The molecular weight excluding hydrogens is 216 g/mol. The fourth-order valence-electron chi connectivity index (χ4n) is 1.17. The van der Waals surface area contributed by atoms with Gasteiger partial charge >= 0.3 is 0 Å². The predicted molar refractivity (Wildman–Crippen MR) is 46.6 cm³/mol. The zero-order valence-corrected chi connectivity index (χ0v) is 10.6. The zero-order valence-electron chi connectivity index (χ0n) is 6.01. The van der Waals surface area contributed by atoms with Gasteiger partial charge in [-0.3, -0.25) is 0 Å². The van der Waals surface area contributed by atoms with Crippen molar-refractivity contribution in [2.45, 2.75) is 30.9 Å². The molecule has 0 heterocycles. The van der Waals surface area contributed by atoms with Crippen molar-refractivity contribution in [3.05, 3.63) is 0 Å². The average molecular weight is 227 g/mol. The molecule has 54 valence electrons. The molecule has 1 aliphatic carbocycles. The summed E-state index contributed by atoms with van der Waals surface area (Å²) in [5.41, 5.74) is 5.37. The van der Waals surface area contributed by atoms with Gasteiger partial charge in [-0.15, -0.1) is 0 Å². The molecule has 0 aliphatic heterocycles. The first-order chi connectivity index (χ1) is 4.29. The Morgan fingerprint density at radius 1 is 1.40 bits per heavy atom. The third-order valence-corrected chi connectivity index (χ3v) is 2.91. The standard InChI is InChI=1S/C6H11NS2.Zn/c7-6(8)9-5-3-1-2-4-5;/h5H,1-4H2,(H2,7,8);. The second-order valence-electron chi connectivity index (χ2n) is 2.34. The Kier molecular flexibility index (Phi) is 5.98. The molecule has 0 bridgehead atoms. The van der Waals surface area contributed by atoms with Gasteiger partial charge in [-0.05, 0) is 12.8 Å². The van der Waals surface area contributed by atoms with E-state index in [0.29, 0.717) is 4.32 Å². The van der Waals surface area contributed by atoms with Gasteiger partial charge in [0.1, 0.15) is 4.32 Å². The largest absolute Gasteiger partial charge is 0.385 e. The minimum atomic E-state index is 0. The molecule has 0 unspecified atom stereocenters. The Morgan fingerprint density at radius 3 is 2.30 bits per heavy atom. The van der Waals surface area contributed by atoms with Gasteiger partial charge in [0, 0.05) is 24.7 Å². The zero-order chi connectivity index (χ0) is 6.69. The summed E-state index contributed by atoms with van der Waals surface area (Å²) in [6.07, 6.45) is 5.34. The molecule has 4 heteroatoms. The third kappa shape index (κ3) is 3.89. The van der Waals surface area contributed by atoms with Gasteiger partial charge in [-0.25, -0.2) is 0 Å². The summed E-state index contributed by atoms with van der Waals surface area (Å²) in [4.78, 5) is 0. The van der Waals surface area contributed by atoms with Crippen LogP contribution in [0.5, 0.6) is 0 Å². The van der Waals surface area contributed by atoms with E-state index >= 15 is 0 Å². The summed E-state index contributed by atoms with van der Waals surface area (Å²) in [6.45, 7) is 0. The quantitative estimate of drug-likeness (QED) is 0.546. The van der Waals surface area contributed by atoms with Crippen molar-refractivity contribution in [3.8, 4) is 0 Å². The van der Waals surface area contributed by atoms with Crippen molar-refractivity contribution in [1.82, 2.24) is 0 Å². The maximum atomic E-state index is 5.37. The fourth-order valence-corrected chi connectivity index (χ4v) is 2.48. The normalized spacial score (nSPS) is 18.4. The van der Waals surface area contributed by atoms with E-state index in [-0.39, 0.29) is 19.5 Å². The predicted octanol–water partition coefficient (Wildman–Crippen LogP) is 1.90. The molecule has 1 rings (SSSR count). The summed E-state index contributed by atoms with van der Waals surface area (Å²) in [6, 6.07) is 0. The molecule has 0 radical (unpaired) electrons. The van der Waals surface area contributed by atoms with Gasteiger partial charge in [0.15, 0.2) is 0 Å². The van der Waals surface area contributed by atoms with Crippen LogP contribution in [0.15, 0.2) is 0 Å². The van der Waals surface area contributed by atoms with E-state index in [1.54, 1.807) is 11.8 Å². The maximum Gasteiger partial charge on any atom is 0.131 e. The second-order valence-corrected chi connectivity index (χ2v) is 4.38. The van der Waals surface area contributed by atoms with Gasteiger partial charge < -0.3 is 5.73 Å². The first-order valence-corrected chi connectivity index (χ1v) is 4.54. The minimum Gasteiger partial charge on any atom is -0.385 e. The Bertz CT molecular complexity index is 112. The molecule has 0 amide bonds. The van der Waals surface area contributed by atoms with Gasteiger partial charge in [-0.2, -0.15) is 0 Å². The van der Waals surface area contributed by atoms with Crippen LogP contribution in [0.25, 0.3) is 0 Å². The average Bonchev–Trinajstić information content (AvgIpc) is 2.15. The Balaban J connectivity index is 0.000000810. The van der Waals surface area contributed by atoms with E-state index in [0.717, 1.165) is 5.25 Å². The molecule has 0 atom stereocenters. The summed E-state index contributed by atoms with van der Waals surface area (Å²) in [5, 5.41) is 0.738. The van der Waals surface area contributed by atoms with E-state index in [2.05, 4.69) is 0 Å². The fraction of sp³-hybridized carbons (Fsp3) is 0.833. The van der Waals surface area contributed by atoms with Crippen LogP contribution in [0.4, 0.5) is 0 Å². The van der Waals surface area contributed by atoms with Gasteiger partial charge in [0.2, 0.25) is 0 Å². The molecule has 10 heavy (non-hydrogen) atoms. The minimum absolute atomic E-state index is 0. The van der Waals surface area contributed by atoms with E-state index in [9.17, 15) is 0 Å². The van der Waals surface area contributed by atoms with E-state index in [1.165, 1.54) is 25.7 Å². The van der Waals surface area contributed by atoms with Gasteiger partial charge in [0.25, 0.3) is 0 Å². The van der Waals surface area contributed by atoms with Crippen LogP contribution >= 0.6 is 24.0 Å². The Labute approximate surface area is 84.3 Å². The van der Waals surface area contributed by atoms with Crippen LogP contribution < -0.4 is 5.73 Å². The molecule has 2 N–H and O–H groups in total. The summed E-state index contributed by atoms with van der Waals surface area (Å²) in [5.74, 6) is 0. The van der Waals surface area contributed by atoms with Crippen LogP contribution in [0.1, 0.15) is 25.7 Å². The van der Waals surface area contributed by atoms with Crippen molar-refractivity contribution < 1.29 is 19.5 Å². The number of thioether (sulfide) groups is 1. The molecule has 0 saturated heterocycles. The molecule has 0 spiro atoms. The molecular formula is C6H11NS2Zn. The number of hydrogen-bond acceptors (Lipinski definition) is 2. The first kappa shape index (κ1) is 10.9. The van der Waals surface area contributed by atoms with Crippen molar-refractivity contribution in [2.24, 2.45) is 5.73 Å². The molecule has 0 aromatic carbocycles.